The van der Waals surface area contributed by atoms with E-state index >= 15 is 0 Å². The van der Waals surface area contributed by atoms with Crippen molar-refractivity contribution >= 4 is 11.6 Å². The molecule has 1 amide bonds. The molecule has 2 atom stereocenters. The number of benzene rings is 1. The third-order valence-electron chi connectivity index (χ3n) is 3.60. The molecule has 0 bridgehead atoms. The maximum atomic E-state index is 12.1. The van der Waals surface area contributed by atoms with Crippen LogP contribution in [0.1, 0.15) is 33.2 Å². The highest BCUT2D eigenvalue weighted by Crippen LogP contribution is 2.22. The van der Waals surface area contributed by atoms with Gasteiger partial charge in [0.1, 0.15) is 6.04 Å². The minimum absolute atomic E-state index is 0.0217. The van der Waals surface area contributed by atoms with E-state index < -0.39 is 0 Å². The molecule has 1 aromatic heterocycles. The minimum Gasteiger partial charge on any atom is -0.399 e. The van der Waals surface area contributed by atoms with Crippen molar-refractivity contribution in [3.8, 4) is 11.1 Å². The molecular formula is C16H22N4O. The van der Waals surface area contributed by atoms with E-state index in [1.54, 1.807) is 10.9 Å². The fourth-order valence-corrected chi connectivity index (χ4v) is 2.00. The summed E-state index contributed by atoms with van der Waals surface area (Å²) in [6.07, 6.45) is 4.53. The number of amides is 1. The van der Waals surface area contributed by atoms with Crippen LogP contribution in [0, 0.1) is 0 Å². The van der Waals surface area contributed by atoms with Crippen molar-refractivity contribution in [1.82, 2.24) is 15.1 Å². The van der Waals surface area contributed by atoms with Crippen LogP contribution in [-0.2, 0) is 4.79 Å². The first-order valence-electron chi connectivity index (χ1n) is 7.21. The summed E-state index contributed by atoms with van der Waals surface area (Å²) in [4.78, 5) is 12.1. The zero-order chi connectivity index (χ0) is 15.4. The zero-order valence-electron chi connectivity index (χ0n) is 12.7. The lowest BCUT2D eigenvalue weighted by atomic mass is 10.1. The van der Waals surface area contributed by atoms with Crippen LogP contribution in [0.15, 0.2) is 36.7 Å². The zero-order valence-corrected chi connectivity index (χ0v) is 12.7. The van der Waals surface area contributed by atoms with Crippen molar-refractivity contribution in [3.63, 3.8) is 0 Å². The first-order valence-corrected chi connectivity index (χ1v) is 7.21. The molecule has 2 unspecified atom stereocenters. The number of rotatable bonds is 5. The molecule has 112 valence electrons. The Morgan fingerprint density at radius 1 is 1.38 bits per heavy atom. The number of nitrogens with one attached hydrogen (secondary N) is 1. The molecule has 0 aliphatic rings. The lowest BCUT2D eigenvalue weighted by molar-refractivity contribution is -0.124. The molecule has 2 aromatic rings. The van der Waals surface area contributed by atoms with E-state index in [9.17, 15) is 4.79 Å². The van der Waals surface area contributed by atoms with Gasteiger partial charge in [-0.3, -0.25) is 9.48 Å². The molecular weight excluding hydrogens is 264 g/mol. The summed E-state index contributed by atoms with van der Waals surface area (Å²) in [5.74, 6) is -0.0217. The van der Waals surface area contributed by atoms with Gasteiger partial charge in [-0.1, -0.05) is 19.1 Å². The monoisotopic (exact) mass is 286 g/mol. The molecule has 0 spiro atoms. The Morgan fingerprint density at radius 2 is 2.14 bits per heavy atom. The van der Waals surface area contributed by atoms with Gasteiger partial charge in [-0.05, 0) is 38.0 Å². The molecule has 21 heavy (non-hydrogen) atoms. The summed E-state index contributed by atoms with van der Waals surface area (Å²) in [6.45, 7) is 5.88. The van der Waals surface area contributed by atoms with E-state index in [0.717, 1.165) is 17.5 Å². The largest absolute Gasteiger partial charge is 0.399 e. The van der Waals surface area contributed by atoms with E-state index in [4.69, 9.17) is 5.73 Å². The third kappa shape index (κ3) is 3.62. The molecule has 5 heteroatoms. The first kappa shape index (κ1) is 15.1. The van der Waals surface area contributed by atoms with Crippen LogP contribution in [0.5, 0.6) is 0 Å². The van der Waals surface area contributed by atoms with Gasteiger partial charge in [0.15, 0.2) is 0 Å². The summed E-state index contributed by atoms with van der Waals surface area (Å²) < 4.78 is 1.68. The average Bonchev–Trinajstić information content (AvgIpc) is 2.96. The summed E-state index contributed by atoms with van der Waals surface area (Å²) in [5.41, 5.74) is 8.45. The van der Waals surface area contributed by atoms with Gasteiger partial charge < -0.3 is 11.1 Å². The molecule has 5 nitrogen and oxygen atoms in total. The molecule has 0 fully saturated rings. The molecule has 1 aromatic carbocycles. The predicted octanol–water partition coefficient (Wildman–Crippen LogP) is 2.61. The van der Waals surface area contributed by atoms with Crippen LogP contribution in [0.3, 0.4) is 0 Å². The highest BCUT2D eigenvalue weighted by Gasteiger charge is 2.17. The van der Waals surface area contributed by atoms with Gasteiger partial charge >= 0.3 is 0 Å². The van der Waals surface area contributed by atoms with Crippen molar-refractivity contribution < 1.29 is 4.79 Å². The van der Waals surface area contributed by atoms with Gasteiger partial charge in [-0.25, -0.2) is 0 Å². The third-order valence-corrected chi connectivity index (χ3v) is 3.60. The first-order chi connectivity index (χ1) is 10.0. The van der Waals surface area contributed by atoms with Crippen molar-refractivity contribution in [1.29, 1.82) is 0 Å². The fraction of sp³-hybridized carbons (Fsp3) is 0.375. The van der Waals surface area contributed by atoms with E-state index in [2.05, 4.69) is 10.4 Å². The number of hydrogen-bond acceptors (Lipinski definition) is 3. The number of aromatic nitrogens is 2. The highest BCUT2D eigenvalue weighted by molar-refractivity contribution is 5.80. The second kappa shape index (κ2) is 6.43. The van der Waals surface area contributed by atoms with Gasteiger partial charge in [0.2, 0.25) is 5.91 Å². The van der Waals surface area contributed by atoms with Gasteiger partial charge in [-0.2, -0.15) is 5.10 Å². The average molecular weight is 286 g/mol. The Labute approximate surface area is 125 Å². The van der Waals surface area contributed by atoms with E-state index in [1.807, 2.05) is 51.2 Å². The van der Waals surface area contributed by atoms with Crippen LogP contribution in [0.4, 0.5) is 5.69 Å². The van der Waals surface area contributed by atoms with E-state index in [-0.39, 0.29) is 18.0 Å². The maximum Gasteiger partial charge on any atom is 0.244 e. The van der Waals surface area contributed by atoms with Crippen LogP contribution in [0.2, 0.25) is 0 Å². The SMILES string of the molecule is CCC(C)NC(=O)C(C)n1cc(-c2cccc(N)c2)cn1. The summed E-state index contributed by atoms with van der Waals surface area (Å²) in [7, 11) is 0. The van der Waals surface area contributed by atoms with Crippen LogP contribution in [0.25, 0.3) is 11.1 Å². The Kier molecular flexibility index (Phi) is 4.62. The van der Waals surface area contributed by atoms with Gasteiger partial charge in [0.05, 0.1) is 6.20 Å². The number of nitrogen functional groups attached to an aromatic ring is 1. The molecule has 1 heterocycles. The summed E-state index contributed by atoms with van der Waals surface area (Å²) >= 11 is 0. The molecule has 2 rings (SSSR count). The second-order valence-corrected chi connectivity index (χ2v) is 5.33. The van der Waals surface area contributed by atoms with Gasteiger partial charge in [-0.15, -0.1) is 0 Å². The number of hydrogen-bond donors (Lipinski definition) is 2. The molecule has 0 aliphatic heterocycles. The predicted molar refractivity (Wildman–Crippen MR) is 84.7 cm³/mol. The number of anilines is 1. The van der Waals surface area contributed by atoms with Crippen molar-refractivity contribution in [2.24, 2.45) is 0 Å². The summed E-state index contributed by atoms with van der Waals surface area (Å²) in [6, 6.07) is 7.45. The Bertz CT molecular complexity index is 620. The number of carbonyl (C=O) groups is 1. The number of nitrogens with two attached hydrogens (primary N) is 1. The smallest absolute Gasteiger partial charge is 0.244 e. The highest BCUT2D eigenvalue weighted by atomic mass is 16.2. The molecule has 0 aliphatic carbocycles. The van der Waals surface area contributed by atoms with Crippen molar-refractivity contribution in [3.05, 3.63) is 36.7 Å². The van der Waals surface area contributed by atoms with Crippen LogP contribution >= 0.6 is 0 Å². The van der Waals surface area contributed by atoms with Crippen LogP contribution < -0.4 is 11.1 Å². The van der Waals surface area contributed by atoms with Crippen LogP contribution in [-0.4, -0.2) is 21.7 Å². The second-order valence-electron chi connectivity index (χ2n) is 5.33. The normalized spacial score (nSPS) is 13.7. The Morgan fingerprint density at radius 3 is 2.81 bits per heavy atom. The molecule has 3 N–H and O–H groups in total. The summed E-state index contributed by atoms with van der Waals surface area (Å²) in [5, 5.41) is 7.26. The Balaban J connectivity index is 2.14. The molecule has 0 saturated heterocycles. The lowest BCUT2D eigenvalue weighted by Crippen LogP contribution is -2.37. The van der Waals surface area contributed by atoms with Gasteiger partial charge in [0, 0.05) is 23.5 Å². The van der Waals surface area contributed by atoms with Crippen molar-refractivity contribution in [2.75, 3.05) is 5.73 Å². The molecule has 0 saturated carbocycles. The minimum atomic E-state index is -0.339. The van der Waals surface area contributed by atoms with Gasteiger partial charge in [0.25, 0.3) is 0 Å². The lowest BCUT2D eigenvalue weighted by Gasteiger charge is -2.16. The number of nitrogens with zero attached hydrogens (tertiary/aromatic N) is 2. The number of carbonyl (C=O) groups excluding carboxylic acids is 1. The van der Waals surface area contributed by atoms with E-state index in [1.165, 1.54) is 0 Å². The quantitative estimate of drug-likeness (QED) is 0.830. The maximum absolute atomic E-state index is 12.1. The fourth-order valence-electron chi connectivity index (χ4n) is 2.00. The van der Waals surface area contributed by atoms with Crippen molar-refractivity contribution in [2.45, 2.75) is 39.3 Å². The standard InChI is InChI=1S/C16H22N4O/c1-4-11(2)19-16(21)12(3)20-10-14(9-18-20)13-6-5-7-15(17)8-13/h5-12H,4,17H2,1-3H3,(H,19,21). The Hall–Kier alpha value is -2.30. The molecule has 0 radical (unpaired) electrons. The topological polar surface area (TPSA) is 72.9 Å². The van der Waals surface area contributed by atoms with E-state index in [0.29, 0.717) is 5.69 Å².